The molecule has 0 unspecified atom stereocenters. The van der Waals surface area contributed by atoms with E-state index >= 15 is 0 Å². The third-order valence-corrected chi connectivity index (χ3v) is 5.74. The average molecular weight is 443 g/mol. The number of urea groups is 1. The number of nitrogens with two attached hydrogens (primary N) is 1. The summed E-state index contributed by atoms with van der Waals surface area (Å²) >= 11 is 0. The first kappa shape index (κ1) is 22.1. The summed E-state index contributed by atoms with van der Waals surface area (Å²) < 4.78 is 7.06. The van der Waals surface area contributed by atoms with Gasteiger partial charge in [-0.3, -0.25) is 14.3 Å². The predicted octanol–water partition coefficient (Wildman–Crippen LogP) is 4.95. The minimum absolute atomic E-state index is 0.101. The number of hydrogen-bond acceptors (Lipinski definition) is 4. The topological polar surface area (TPSA) is 90.5 Å². The van der Waals surface area contributed by atoms with Crippen LogP contribution in [0.3, 0.4) is 0 Å². The molecule has 0 saturated carbocycles. The number of aromatic nitrogens is 2. The zero-order valence-corrected chi connectivity index (χ0v) is 19.1. The van der Waals surface area contributed by atoms with Crippen molar-refractivity contribution in [3.8, 4) is 16.9 Å². The van der Waals surface area contributed by atoms with Crippen LogP contribution in [0.5, 0.6) is 5.75 Å². The molecule has 0 bridgehead atoms. The number of hydrogen-bond donors (Lipinski definition) is 1. The van der Waals surface area contributed by atoms with Crippen molar-refractivity contribution in [2.45, 2.75) is 19.8 Å². The van der Waals surface area contributed by atoms with Crippen molar-refractivity contribution < 1.29 is 9.53 Å². The Balaban J connectivity index is 2.21. The Bertz CT molecular complexity index is 1410. The van der Waals surface area contributed by atoms with E-state index in [1.165, 1.54) is 9.47 Å². The van der Waals surface area contributed by atoms with Crippen molar-refractivity contribution in [3.63, 3.8) is 0 Å². The zero-order valence-electron chi connectivity index (χ0n) is 19.1. The average Bonchev–Trinajstić information content (AvgIpc) is 2.82. The number of aryl methyl sites for hydroxylation is 1. The standard InChI is InChI=1S/C26H26N4O3/c1-16(2)17-10-5-7-13-20(17)30(26(27)32)23-22(18-11-6-8-14-21(18)33-4)19-12-9-15-28-24(19)29(3)25(23)31/h5-16H,1-4H3,(H2,27,32). The van der Waals surface area contributed by atoms with E-state index in [0.717, 1.165) is 5.56 Å². The lowest BCUT2D eigenvalue weighted by atomic mass is 9.96. The fourth-order valence-electron chi connectivity index (χ4n) is 4.21. The maximum atomic E-state index is 13.8. The molecule has 0 aliphatic carbocycles. The van der Waals surface area contributed by atoms with E-state index in [1.807, 2.05) is 62.4 Å². The number of amides is 2. The molecule has 0 radical (unpaired) electrons. The Morgan fingerprint density at radius 1 is 1.06 bits per heavy atom. The van der Waals surface area contributed by atoms with Crippen molar-refractivity contribution in [1.82, 2.24) is 9.55 Å². The smallest absolute Gasteiger partial charge is 0.324 e. The normalized spacial score (nSPS) is 11.1. The van der Waals surface area contributed by atoms with Crippen LogP contribution in [0.4, 0.5) is 16.2 Å². The summed E-state index contributed by atoms with van der Waals surface area (Å²) in [5.41, 5.74) is 8.87. The maximum absolute atomic E-state index is 13.8. The molecule has 168 valence electrons. The number of benzene rings is 2. The van der Waals surface area contributed by atoms with Crippen LogP contribution >= 0.6 is 0 Å². The minimum atomic E-state index is -0.750. The molecule has 2 heterocycles. The van der Waals surface area contributed by atoms with E-state index < -0.39 is 6.03 Å². The quantitative estimate of drug-likeness (QED) is 0.473. The molecule has 7 nitrogen and oxygen atoms in total. The van der Waals surface area contributed by atoms with E-state index in [1.54, 1.807) is 32.5 Å². The fraction of sp³-hybridized carbons (Fsp3) is 0.192. The highest BCUT2D eigenvalue weighted by atomic mass is 16.5. The minimum Gasteiger partial charge on any atom is -0.496 e. The Hall–Kier alpha value is -4.13. The van der Waals surface area contributed by atoms with Gasteiger partial charge in [-0.15, -0.1) is 0 Å². The Labute approximate surface area is 192 Å². The van der Waals surface area contributed by atoms with Gasteiger partial charge in [-0.05, 0) is 35.7 Å². The van der Waals surface area contributed by atoms with Crippen LogP contribution in [0.15, 0.2) is 71.7 Å². The van der Waals surface area contributed by atoms with Gasteiger partial charge in [0.25, 0.3) is 5.56 Å². The van der Waals surface area contributed by atoms with E-state index in [9.17, 15) is 9.59 Å². The second-order valence-electron chi connectivity index (χ2n) is 8.05. The summed E-state index contributed by atoms with van der Waals surface area (Å²) in [6, 6.07) is 17.8. The van der Waals surface area contributed by atoms with Gasteiger partial charge < -0.3 is 10.5 Å². The maximum Gasteiger partial charge on any atom is 0.324 e. The highest BCUT2D eigenvalue weighted by Crippen LogP contribution is 2.42. The van der Waals surface area contributed by atoms with Gasteiger partial charge in [0.05, 0.1) is 12.8 Å². The molecule has 0 aliphatic rings. The Morgan fingerprint density at radius 2 is 1.76 bits per heavy atom. The molecule has 4 aromatic rings. The second kappa shape index (κ2) is 8.78. The third kappa shape index (κ3) is 3.71. The molecule has 2 amide bonds. The highest BCUT2D eigenvalue weighted by Gasteiger charge is 2.29. The number of rotatable bonds is 5. The number of fused-ring (bicyclic) bond motifs is 1. The van der Waals surface area contributed by atoms with Crippen LogP contribution in [-0.2, 0) is 7.05 Å². The summed E-state index contributed by atoms with van der Waals surface area (Å²) in [5.74, 6) is 0.669. The van der Waals surface area contributed by atoms with Crippen molar-refractivity contribution in [1.29, 1.82) is 0 Å². The molecule has 0 spiro atoms. The molecule has 7 heteroatoms. The predicted molar refractivity (Wildman–Crippen MR) is 131 cm³/mol. The van der Waals surface area contributed by atoms with E-state index in [0.29, 0.717) is 33.6 Å². The Kier molecular flexibility index (Phi) is 5.87. The highest BCUT2D eigenvalue weighted by molar-refractivity contribution is 6.09. The molecule has 2 aromatic heterocycles. The van der Waals surface area contributed by atoms with Crippen molar-refractivity contribution in [2.75, 3.05) is 12.0 Å². The van der Waals surface area contributed by atoms with Gasteiger partial charge in [-0.2, -0.15) is 0 Å². The first-order valence-electron chi connectivity index (χ1n) is 10.7. The van der Waals surface area contributed by atoms with Gasteiger partial charge in [0.1, 0.15) is 17.1 Å². The summed E-state index contributed by atoms with van der Waals surface area (Å²) in [5, 5.41) is 0.701. The van der Waals surface area contributed by atoms with Crippen LogP contribution in [0.1, 0.15) is 25.3 Å². The number of ether oxygens (including phenoxy) is 1. The van der Waals surface area contributed by atoms with Crippen molar-refractivity contribution >= 4 is 28.4 Å². The summed E-state index contributed by atoms with van der Waals surface area (Å²) in [6.07, 6.45) is 1.63. The molecule has 2 aromatic carbocycles. The van der Waals surface area contributed by atoms with E-state index in [-0.39, 0.29) is 17.2 Å². The number of primary amides is 1. The van der Waals surface area contributed by atoms with Gasteiger partial charge >= 0.3 is 6.03 Å². The molecular formula is C26H26N4O3. The van der Waals surface area contributed by atoms with Crippen molar-refractivity contribution in [2.24, 2.45) is 12.8 Å². The van der Waals surface area contributed by atoms with Gasteiger partial charge in [-0.25, -0.2) is 9.78 Å². The fourth-order valence-corrected chi connectivity index (χ4v) is 4.21. The monoisotopic (exact) mass is 442 g/mol. The number of methoxy groups -OCH3 is 1. The Morgan fingerprint density at radius 3 is 2.45 bits per heavy atom. The number of pyridine rings is 2. The lowest BCUT2D eigenvalue weighted by Gasteiger charge is -2.28. The molecule has 0 saturated heterocycles. The first-order valence-corrected chi connectivity index (χ1v) is 10.7. The zero-order chi connectivity index (χ0) is 23.7. The molecule has 33 heavy (non-hydrogen) atoms. The lowest BCUT2D eigenvalue weighted by Crippen LogP contribution is -2.38. The molecule has 0 atom stereocenters. The number of anilines is 2. The molecule has 4 rings (SSSR count). The van der Waals surface area contributed by atoms with Crippen LogP contribution in [0, 0.1) is 0 Å². The number of carbonyl (C=O) groups excluding carboxylic acids is 1. The number of carbonyl (C=O) groups is 1. The molecular weight excluding hydrogens is 416 g/mol. The van der Waals surface area contributed by atoms with Crippen LogP contribution < -0.4 is 20.9 Å². The van der Waals surface area contributed by atoms with Crippen LogP contribution in [0.2, 0.25) is 0 Å². The SMILES string of the molecule is COc1ccccc1-c1c(N(C(N)=O)c2ccccc2C(C)C)c(=O)n(C)c2ncccc12. The number of nitrogens with zero attached hydrogens (tertiary/aromatic N) is 3. The molecule has 2 N–H and O–H groups in total. The lowest BCUT2D eigenvalue weighted by molar-refractivity contribution is 0.256. The first-order chi connectivity index (χ1) is 15.9. The number of para-hydroxylation sites is 2. The summed E-state index contributed by atoms with van der Waals surface area (Å²) in [4.78, 5) is 32.5. The van der Waals surface area contributed by atoms with Gasteiger partial charge in [0, 0.05) is 29.8 Å². The third-order valence-electron chi connectivity index (χ3n) is 5.74. The van der Waals surface area contributed by atoms with Gasteiger partial charge in [0.2, 0.25) is 0 Å². The van der Waals surface area contributed by atoms with Gasteiger partial charge in [0.15, 0.2) is 0 Å². The van der Waals surface area contributed by atoms with E-state index in [4.69, 9.17) is 10.5 Å². The molecule has 0 fully saturated rings. The molecule has 0 aliphatic heterocycles. The van der Waals surface area contributed by atoms with Crippen LogP contribution in [0.25, 0.3) is 22.2 Å². The van der Waals surface area contributed by atoms with Crippen LogP contribution in [-0.4, -0.2) is 22.7 Å². The van der Waals surface area contributed by atoms with Crippen molar-refractivity contribution in [3.05, 3.63) is 82.8 Å². The van der Waals surface area contributed by atoms with E-state index in [2.05, 4.69) is 4.98 Å². The second-order valence-corrected chi connectivity index (χ2v) is 8.05. The largest absolute Gasteiger partial charge is 0.496 e. The summed E-state index contributed by atoms with van der Waals surface area (Å²) in [7, 11) is 3.21. The van der Waals surface area contributed by atoms with Gasteiger partial charge in [-0.1, -0.05) is 50.2 Å². The summed E-state index contributed by atoms with van der Waals surface area (Å²) in [6.45, 7) is 4.06.